The maximum atomic E-state index is 13.5. The van der Waals surface area contributed by atoms with Gasteiger partial charge in [0.15, 0.2) is 0 Å². The fourth-order valence-corrected chi connectivity index (χ4v) is 2.69. The van der Waals surface area contributed by atoms with E-state index in [1.165, 1.54) is 36.4 Å². The van der Waals surface area contributed by atoms with Crippen molar-refractivity contribution < 1.29 is 31.9 Å². The van der Waals surface area contributed by atoms with Crippen LogP contribution in [0.5, 0.6) is 11.6 Å². The van der Waals surface area contributed by atoms with Crippen LogP contribution in [0.2, 0.25) is 0 Å². The summed E-state index contributed by atoms with van der Waals surface area (Å²) in [5.41, 5.74) is 0.0483. The first-order valence-electron chi connectivity index (χ1n) is 9.77. The summed E-state index contributed by atoms with van der Waals surface area (Å²) in [6.45, 7) is 1.88. The Morgan fingerprint density at radius 2 is 1.52 bits per heavy atom. The maximum Gasteiger partial charge on any atom is 0.417 e. The number of rotatable bonds is 7. The Morgan fingerprint density at radius 1 is 0.909 bits per heavy atom. The Morgan fingerprint density at radius 3 is 2.06 bits per heavy atom. The number of carbonyl (C=O) groups excluding carboxylic acids is 2. The molecule has 0 spiro atoms. The van der Waals surface area contributed by atoms with Crippen molar-refractivity contribution >= 4 is 11.8 Å². The fraction of sp³-hybridized carbons (Fsp3) is 0.174. The molecule has 0 aliphatic carbocycles. The van der Waals surface area contributed by atoms with Crippen LogP contribution in [0, 0.1) is 12.7 Å². The highest BCUT2D eigenvalue weighted by Gasteiger charge is 2.30. The quantitative estimate of drug-likeness (QED) is 0.401. The van der Waals surface area contributed by atoms with Crippen LogP contribution in [0.25, 0.3) is 0 Å². The largest absolute Gasteiger partial charge is 0.439 e. The van der Waals surface area contributed by atoms with Crippen LogP contribution < -0.4 is 15.4 Å². The van der Waals surface area contributed by atoms with Crippen molar-refractivity contribution in [2.24, 2.45) is 0 Å². The van der Waals surface area contributed by atoms with Crippen LogP contribution in [0.4, 0.5) is 17.6 Å². The predicted octanol–water partition coefficient (Wildman–Crippen LogP) is 4.50. The van der Waals surface area contributed by atoms with Gasteiger partial charge in [-0.15, -0.1) is 0 Å². The van der Waals surface area contributed by atoms with Crippen LogP contribution in [0.15, 0.2) is 60.8 Å². The molecular formula is C23H19F4N3O3. The number of halogens is 4. The Balaban J connectivity index is 1.46. The molecule has 0 saturated carbocycles. The summed E-state index contributed by atoms with van der Waals surface area (Å²) < 4.78 is 56.6. The molecule has 6 nitrogen and oxygen atoms in total. The van der Waals surface area contributed by atoms with Gasteiger partial charge in [0.05, 0.1) is 5.56 Å². The lowest BCUT2D eigenvalue weighted by molar-refractivity contribution is -0.137. The minimum atomic E-state index is -4.48. The number of hydrogen-bond donors (Lipinski definition) is 2. The molecule has 0 radical (unpaired) electrons. The number of carbonyl (C=O) groups is 2. The predicted molar refractivity (Wildman–Crippen MR) is 112 cm³/mol. The minimum absolute atomic E-state index is 0.0237. The molecule has 33 heavy (non-hydrogen) atoms. The number of ether oxygens (including phenoxy) is 1. The minimum Gasteiger partial charge on any atom is -0.439 e. The number of hydrogen-bond acceptors (Lipinski definition) is 4. The van der Waals surface area contributed by atoms with Crippen LogP contribution in [0.1, 0.15) is 31.8 Å². The van der Waals surface area contributed by atoms with Crippen LogP contribution in [0.3, 0.4) is 0 Å². The average Bonchev–Trinajstić information content (AvgIpc) is 2.78. The van der Waals surface area contributed by atoms with Crippen molar-refractivity contribution in [2.45, 2.75) is 13.1 Å². The molecule has 0 aliphatic heterocycles. The molecular weight excluding hydrogens is 442 g/mol. The number of alkyl halides is 3. The molecule has 0 atom stereocenters. The average molecular weight is 461 g/mol. The number of pyridine rings is 1. The number of aryl methyl sites for hydroxylation is 1. The van der Waals surface area contributed by atoms with Gasteiger partial charge in [-0.25, -0.2) is 9.37 Å². The summed E-state index contributed by atoms with van der Waals surface area (Å²) in [7, 11) is 0. The van der Waals surface area contributed by atoms with Crippen molar-refractivity contribution in [1.82, 2.24) is 15.6 Å². The summed E-state index contributed by atoms with van der Waals surface area (Å²) >= 11 is 0. The van der Waals surface area contributed by atoms with E-state index in [9.17, 15) is 27.2 Å². The van der Waals surface area contributed by atoms with E-state index in [0.717, 1.165) is 18.2 Å². The second kappa shape index (κ2) is 10.1. The molecule has 0 unspecified atom stereocenters. The second-order valence-corrected chi connectivity index (χ2v) is 6.99. The lowest BCUT2D eigenvalue weighted by atomic mass is 10.1. The molecule has 3 aromatic rings. The third-order valence-corrected chi connectivity index (χ3v) is 4.53. The Labute approximate surface area is 186 Å². The summed E-state index contributed by atoms with van der Waals surface area (Å²) in [6.07, 6.45) is -3.81. The molecule has 2 N–H and O–H groups in total. The first kappa shape index (κ1) is 23.7. The van der Waals surface area contributed by atoms with E-state index in [2.05, 4.69) is 15.6 Å². The van der Waals surface area contributed by atoms with Crippen molar-refractivity contribution in [3.8, 4) is 11.6 Å². The van der Waals surface area contributed by atoms with Gasteiger partial charge >= 0.3 is 6.18 Å². The van der Waals surface area contributed by atoms with Gasteiger partial charge in [-0.2, -0.15) is 13.2 Å². The molecule has 172 valence electrons. The molecule has 1 aromatic heterocycles. The highest BCUT2D eigenvalue weighted by atomic mass is 19.4. The first-order valence-corrected chi connectivity index (χ1v) is 9.77. The Kier molecular flexibility index (Phi) is 7.27. The van der Waals surface area contributed by atoms with Gasteiger partial charge in [0.2, 0.25) is 5.88 Å². The lowest BCUT2D eigenvalue weighted by Gasteiger charge is -2.09. The Hall–Kier alpha value is -3.95. The zero-order valence-corrected chi connectivity index (χ0v) is 17.4. The topological polar surface area (TPSA) is 80.3 Å². The molecule has 0 aliphatic rings. The highest BCUT2D eigenvalue weighted by Crippen LogP contribution is 2.30. The van der Waals surface area contributed by atoms with Crippen molar-refractivity contribution in [1.29, 1.82) is 0 Å². The maximum absolute atomic E-state index is 13.5. The van der Waals surface area contributed by atoms with E-state index >= 15 is 0 Å². The van der Waals surface area contributed by atoms with E-state index < -0.39 is 29.4 Å². The van der Waals surface area contributed by atoms with Crippen LogP contribution in [-0.4, -0.2) is 29.9 Å². The molecule has 2 amide bonds. The van der Waals surface area contributed by atoms with Gasteiger partial charge in [-0.3, -0.25) is 9.59 Å². The number of nitrogens with one attached hydrogen (secondary N) is 2. The van der Waals surface area contributed by atoms with Crippen molar-refractivity contribution in [3.63, 3.8) is 0 Å². The number of benzene rings is 2. The van der Waals surface area contributed by atoms with Crippen molar-refractivity contribution in [3.05, 3.63) is 88.9 Å². The van der Waals surface area contributed by atoms with Crippen LogP contribution >= 0.6 is 0 Å². The summed E-state index contributed by atoms with van der Waals surface area (Å²) in [6, 6.07) is 12.0. The van der Waals surface area contributed by atoms with Gasteiger partial charge in [-0.1, -0.05) is 6.07 Å². The lowest BCUT2D eigenvalue weighted by Crippen LogP contribution is -2.34. The molecule has 0 bridgehead atoms. The zero-order chi connectivity index (χ0) is 24.0. The summed E-state index contributed by atoms with van der Waals surface area (Å²) in [5.74, 6) is -1.07. The van der Waals surface area contributed by atoms with Crippen LogP contribution in [-0.2, 0) is 6.18 Å². The van der Waals surface area contributed by atoms with Gasteiger partial charge in [0.1, 0.15) is 11.6 Å². The van der Waals surface area contributed by atoms with Crippen molar-refractivity contribution in [2.75, 3.05) is 13.1 Å². The summed E-state index contributed by atoms with van der Waals surface area (Å²) in [5, 5.41) is 5.21. The van der Waals surface area contributed by atoms with E-state index in [1.54, 1.807) is 6.92 Å². The van der Waals surface area contributed by atoms with E-state index in [-0.39, 0.29) is 30.3 Å². The normalized spacial score (nSPS) is 11.1. The fourth-order valence-electron chi connectivity index (χ4n) is 2.69. The second-order valence-electron chi connectivity index (χ2n) is 6.99. The number of aromatic nitrogens is 1. The smallest absolute Gasteiger partial charge is 0.417 e. The van der Waals surface area contributed by atoms with Gasteiger partial charge in [-0.05, 0) is 55.0 Å². The number of nitrogens with zero attached hydrogens (tertiary/aromatic N) is 1. The molecule has 3 rings (SSSR count). The third kappa shape index (κ3) is 6.52. The molecule has 10 heteroatoms. The highest BCUT2D eigenvalue weighted by molar-refractivity contribution is 5.95. The Bertz CT molecular complexity index is 1130. The van der Waals surface area contributed by atoms with E-state index in [0.29, 0.717) is 17.3 Å². The van der Waals surface area contributed by atoms with Gasteiger partial charge < -0.3 is 15.4 Å². The third-order valence-electron chi connectivity index (χ3n) is 4.53. The first-order chi connectivity index (χ1) is 15.6. The standard InChI is InChI=1S/C23H19F4N3O3/c1-14-2-3-16(12-19(14)24)22(32)29-11-10-28-21(31)15-4-7-18(8-5-15)33-20-9-6-17(13-30-20)23(25,26)27/h2-9,12-13H,10-11H2,1H3,(H,28,31)(H,29,32). The zero-order valence-electron chi connectivity index (χ0n) is 17.4. The monoisotopic (exact) mass is 461 g/mol. The van der Waals surface area contributed by atoms with Gasteiger partial charge in [0, 0.05) is 36.5 Å². The van der Waals surface area contributed by atoms with E-state index in [1.807, 2.05) is 0 Å². The molecule has 2 aromatic carbocycles. The molecule has 1 heterocycles. The molecule has 0 fully saturated rings. The van der Waals surface area contributed by atoms with Gasteiger partial charge in [0.25, 0.3) is 11.8 Å². The SMILES string of the molecule is Cc1ccc(C(=O)NCCNC(=O)c2ccc(Oc3ccc(C(F)(F)F)cn3)cc2)cc1F. The number of amides is 2. The molecule has 0 saturated heterocycles. The summed E-state index contributed by atoms with van der Waals surface area (Å²) in [4.78, 5) is 27.8. The van der Waals surface area contributed by atoms with E-state index in [4.69, 9.17) is 4.74 Å².